The molecule has 1 unspecified atom stereocenters. The summed E-state index contributed by atoms with van der Waals surface area (Å²) in [6, 6.07) is 17.5. The Bertz CT molecular complexity index is 731. The van der Waals surface area contributed by atoms with E-state index in [-0.39, 0.29) is 17.9 Å². The van der Waals surface area contributed by atoms with Crippen molar-refractivity contribution in [2.45, 2.75) is 25.3 Å². The Morgan fingerprint density at radius 2 is 1.80 bits per heavy atom. The molecule has 2 amide bonds. The molecule has 0 saturated carbocycles. The molecule has 1 aliphatic rings. The van der Waals surface area contributed by atoms with Gasteiger partial charge in [0.05, 0.1) is 6.04 Å². The van der Waals surface area contributed by atoms with Crippen LogP contribution < -0.4 is 5.32 Å². The molecular formula is C20H21BrN2O2. The molecule has 0 radical (unpaired) electrons. The number of halogens is 1. The summed E-state index contributed by atoms with van der Waals surface area (Å²) in [5.41, 5.74) is 1.78. The SMILES string of the molecule is O=C(NCCC(=O)N1CCCC1c1ccccc1)c1ccc(Br)cc1. The smallest absolute Gasteiger partial charge is 0.251 e. The first-order valence-electron chi connectivity index (χ1n) is 8.53. The summed E-state index contributed by atoms with van der Waals surface area (Å²) in [5.74, 6) is -0.0520. The van der Waals surface area contributed by atoms with Gasteiger partial charge in [0.25, 0.3) is 5.91 Å². The first-order valence-corrected chi connectivity index (χ1v) is 9.32. The van der Waals surface area contributed by atoms with Crippen molar-refractivity contribution in [1.82, 2.24) is 10.2 Å². The van der Waals surface area contributed by atoms with Crippen LogP contribution in [-0.4, -0.2) is 29.8 Å². The van der Waals surface area contributed by atoms with Crippen molar-refractivity contribution in [3.05, 3.63) is 70.2 Å². The summed E-state index contributed by atoms with van der Waals surface area (Å²) in [4.78, 5) is 26.6. The second-order valence-corrected chi connectivity index (χ2v) is 7.08. The number of carbonyl (C=O) groups is 2. The molecule has 5 heteroatoms. The lowest BCUT2D eigenvalue weighted by atomic mass is 10.0. The molecule has 4 nitrogen and oxygen atoms in total. The predicted molar refractivity (Wildman–Crippen MR) is 101 cm³/mol. The molecule has 0 aromatic heterocycles. The minimum absolute atomic E-state index is 0.0995. The van der Waals surface area contributed by atoms with Gasteiger partial charge < -0.3 is 10.2 Å². The molecule has 2 aromatic rings. The second kappa shape index (κ2) is 8.30. The van der Waals surface area contributed by atoms with Crippen molar-refractivity contribution in [3.8, 4) is 0 Å². The van der Waals surface area contributed by atoms with E-state index in [0.29, 0.717) is 18.5 Å². The van der Waals surface area contributed by atoms with Crippen LogP contribution in [0.25, 0.3) is 0 Å². The van der Waals surface area contributed by atoms with E-state index in [1.165, 1.54) is 5.56 Å². The van der Waals surface area contributed by atoms with Gasteiger partial charge in [0, 0.05) is 29.5 Å². The van der Waals surface area contributed by atoms with Crippen LogP contribution in [0.2, 0.25) is 0 Å². The van der Waals surface area contributed by atoms with Gasteiger partial charge in [-0.3, -0.25) is 9.59 Å². The van der Waals surface area contributed by atoms with Gasteiger partial charge in [-0.2, -0.15) is 0 Å². The summed E-state index contributed by atoms with van der Waals surface area (Å²) in [5, 5.41) is 2.83. The largest absolute Gasteiger partial charge is 0.352 e. The van der Waals surface area contributed by atoms with Crippen molar-refractivity contribution >= 4 is 27.7 Å². The van der Waals surface area contributed by atoms with E-state index < -0.39 is 0 Å². The first-order chi connectivity index (χ1) is 12.1. The minimum Gasteiger partial charge on any atom is -0.352 e. The number of hydrogen-bond donors (Lipinski definition) is 1. The van der Waals surface area contributed by atoms with E-state index >= 15 is 0 Å². The number of nitrogens with one attached hydrogen (secondary N) is 1. The molecule has 1 heterocycles. The molecule has 0 bridgehead atoms. The molecule has 130 valence electrons. The van der Waals surface area contributed by atoms with Crippen LogP contribution >= 0.6 is 15.9 Å². The minimum atomic E-state index is -0.152. The van der Waals surface area contributed by atoms with Gasteiger partial charge in [0.15, 0.2) is 0 Å². The van der Waals surface area contributed by atoms with Crippen LogP contribution in [0.3, 0.4) is 0 Å². The fraction of sp³-hybridized carbons (Fsp3) is 0.300. The van der Waals surface area contributed by atoms with Crippen molar-refractivity contribution in [3.63, 3.8) is 0 Å². The molecule has 0 aliphatic carbocycles. The Morgan fingerprint density at radius 1 is 1.08 bits per heavy atom. The van der Waals surface area contributed by atoms with Crippen LogP contribution in [0.4, 0.5) is 0 Å². The Balaban J connectivity index is 1.52. The molecule has 25 heavy (non-hydrogen) atoms. The van der Waals surface area contributed by atoms with Gasteiger partial charge in [-0.15, -0.1) is 0 Å². The number of carbonyl (C=O) groups excluding carboxylic acids is 2. The van der Waals surface area contributed by atoms with Crippen molar-refractivity contribution in [1.29, 1.82) is 0 Å². The molecule has 1 N–H and O–H groups in total. The number of benzene rings is 2. The highest BCUT2D eigenvalue weighted by atomic mass is 79.9. The summed E-state index contributed by atoms with van der Waals surface area (Å²) in [6.07, 6.45) is 2.35. The summed E-state index contributed by atoms with van der Waals surface area (Å²) in [6.45, 7) is 1.14. The molecule has 2 aromatic carbocycles. The Morgan fingerprint density at radius 3 is 2.52 bits per heavy atom. The zero-order valence-electron chi connectivity index (χ0n) is 14.0. The van der Waals surface area contributed by atoms with Gasteiger partial charge in [-0.05, 0) is 42.7 Å². The standard InChI is InChI=1S/C20H21BrN2O2/c21-17-10-8-16(9-11-17)20(25)22-13-12-19(24)23-14-4-7-18(23)15-5-2-1-3-6-15/h1-3,5-6,8-11,18H,4,7,12-14H2,(H,22,25). The van der Waals surface area contributed by atoms with E-state index in [9.17, 15) is 9.59 Å². The quantitative estimate of drug-likeness (QED) is 0.826. The molecule has 3 rings (SSSR count). The number of hydrogen-bond acceptors (Lipinski definition) is 2. The summed E-state index contributed by atoms with van der Waals surface area (Å²) >= 11 is 3.35. The maximum Gasteiger partial charge on any atom is 0.251 e. The van der Waals surface area contributed by atoms with Crippen molar-refractivity contribution < 1.29 is 9.59 Å². The maximum absolute atomic E-state index is 12.6. The van der Waals surface area contributed by atoms with E-state index in [1.54, 1.807) is 12.1 Å². The fourth-order valence-electron chi connectivity index (χ4n) is 3.22. The summed E-state index contributed by atoms with van der Waals surface area (Å²) in [7, 11) is 0. The van der Waals surface area contributed by atoms with Gasteiger partial charge in [0.1, 0.15) is 0 Å². The number of nitrogens with zero attached hydrogens (tertiary/aromatic N) is 1. The highest BCUT2D eigenvalue weighted by molar-refractivity contribution is 9.10. The van der Waals surface area contributed by atoms with Crippen LogP contribution in [0, 0.1) is 0 Å². The molecule has 0 spiro atoms. The molecule has 1 saturated heterocycles. The zero-order valence-corrected chi connectivity index (χ0v) is 15.5. The first kappa shape index (κ1) is 17.7. The van der Waals surface area contributed by atoms with Crippen LogP contribution in [0.1, 0.15) is 41.2 Å². The average Bonchev–Trinajstić information content (AvgIpc) is 3.13. The van der Waals surface area contributed by atoms with E-state index in [1.807, 2.05) is 35.2 Å². The lowest BCUT2D eigenvalue weighted by Crippen LogP contribution is -2.34. The highest BCUT2D eigenvalue weighted by Gasteiger charge is 2.29. The summed E-state index contributed by atoms with van der Waals surface area (Å²) < 4.78 is 0.931. The lowest BCUT2D eigenvalue weighted by Gasteiger charge is -2.25. The fourth-order valence-corrected chi connectivity index (χ4v) is 3.48. The molecular weight excluding hydrogens is 380 g/mol. The van der Waals surface area contributed by atoms with Crippen LogP contribution in [0.15, 0.2) is 59.1 Å². The zero-order chi connectivity index (χ0) is 17.6. The molecule has 1 atom stereocenters. The average molecular weight is 401 g/mol. The van der Waals surface area contributed by atoms with Gasteiger partial charge >= 0.3 is 0 Å². The van der Waals surface area contributed by atoms with E-state index in [0.717, 1.165) is 23.9 Å². The van der Waals surface area contributed by atoms with Crippen LogP contribution in [-0.2, 0) is 4.79 Å². The van der Waals surface area contributed by atoms with Crippen LogP contribution in [0.5, 0.6) is 0 Å². The maximum atomic E-state index is 12.6. The van der Waals surface area contributed by atoms with Crippen molar-refractivity contribution in [2.75, 3.05) is 13.1 Å². The number of likely N-dealkylation sites (tertiary alicyclic amines) is 1. The molecule has 1 aliphatic heterocycles. The number of rotatable bonds is 5. The Labute approximate surface area is 156 Å². The van der Waals surface area contributed by atoms with E-state index in [2.05, 4.69) is 33.4 Å². The second-order valence-electron chi connectivity index (χ2n) is 6.17. The van der Waals surface area contributed by atoms with Gasteiger partial charge in [-0.25, -0.2) is 0 Å². The monoisotopic (exact) mass is 400 g/mol. The molecule has 1 fully saturated rings. The van der Waals surface area contributed by atoms with E-state index in [4.69, 9.17) is 0 Å². The normalized spacial score (nSPS) is 16.7. The highest BCUT2D eigenvalue weighted by Crippen LogP contribution is 2.32. The lowest BCUT2D eigenvalue weighted by molar-refractivity contribution is -0.132. The topological polar surface area (TPSA) is 49.4 Å². The van der Waals surface area contributed by atoms with Gasteiger partial charge in [0.2, 0.25) is 5.91 Å². The third-order valence-electron chi connectivity index (χ3n) is 4.49. The Kier molecular flexibility index (Phi) is 5.87. The third kappa shape index (κ3) is 4.48. The van der Waals surface area contributed by atoms with Gasteiger partial charge in [-0.1, -0.05) is 46.3 Å². The van der Waals surface area contributed by atoms with Crippen molar-refractivity contribution in [2.24, 2.45) is 0 Å². The number of amides is 2. The predicted octanol–water partition coefficient (Wildman–Crippen LogP) is 3.93. The third-order valence-corrected chi connectivity index (χ3v) is 5.02. The Hall–Kier alpha value is -2.14.